The Hall–Kier alpha value is -2.37. The summed E-state index contributed by atoms with van der Waals surface area (Å²) in [7, 11) is 1.46. The van der Waals surface area contributed by atoms with Gasteiger partial charge in [0.05, 0.1) is 13.7 Å². The normalized spacial score (nSPS) is 11.4. The fourth-order valence-electron chi connectivity index (χ4n) is 2.40. The molecule has 0 atom stereocenters. The number of hydrogen-bond acceptors (Lipinski definition) is 4. The van der Waals surface area contributed by atoms with Gasteiger partial charge in [-0.05, 0) is 30.7 Å². The summed E-state index contributed by atoms with van der Waals surface area (Å²) in [5.74, 6) is 0.517. The van der Waals surface area contributed by atoms with Crippen LogP contribution >= 0.6 is 24.0 Å². The van der Waals surface area contributed by atoms with E-state index in [2.05, 4.69) is 20.4 Å². The first kappa shape index (κ1) is 24.7. The molecule has 0 saturated carbocycles. The fraction of sp³-hybridized carbons (Fsp3) is 0.316. The average Bonchev–Trinajstić information content (AvgIpc) is 2.64. The molecule has 0 bridgehead atoms. The monoisotopic (exact) mass is 525 g/mol. The molecule has 0 heterocycles. The van der Waals surface area contributed by atoms with Gasteiger partial charge in [0.2, 0.25) is 0 Å². The van der Waals surface area contributed by atoms with Crippen molar-refractivity contribution in [1.29, 1.82) is 0 Å². The van der Waals surface area contributed by atoms with Crippen molar-refractivity contribution in [3.8, 4) is 17.2 Å². The summed E-state index contributed by atoms with van der Waals surface area (Å²) >= 11 is 0. The molecule has 0 amide bonds. The fourth-order valence-corrected chi connectivity index (χ4v) is 2.40. The van der Waals surface area contributed by atoms with Crippen molar-refractivity contribution in [2.75, 3.05) is 13.7 Å². The van der Waals surface area contributed by atoms with Crippen molar-refractivity contribution in [3.05, 3.63) is 53.6 Å². The zero-order chi connectivity index (χ0) is 20.6. The summed E-state index contributed by atoms with van der Waals surface area (Å²) in [6.45, 7) is 2.79. The van der Waals surface area contributed by atoms with E-state index in [9.17, 15) is 18.3 Å². The molecule has 0 radical (unpaired) electrons. The molecule has 2 aromatic carbocycles. The molecular formula is C19H23F3IN3O3. The van der Waals surface area contributed by atoms with Crippen LogP contribution in [0.15, 0.2) is 47.5 Å². The molecule has 0 aliphatic carbocycles. The van der Waals surface area contributed by atoms with E-state index in [1.807, 2.05) is 6.92 Å². The summed E-state index contributed by atoms with van der Waals surface area (Å²) in [5.41, 5.74) is 1.09. The Morgan fingerprint density at radius 2 is 1.83 bits per heavy atom. The first-order valence-corrected chi connectivity index (χ1v) is 8.54. The maximum Gasteiger partial charge on any atom is 0.573 e. The van der Waals surface area contributed by atoms with E-state index in [0.717, 1.165) is 5.56 Å². The number of hydrogen-bond donors (Lipinski definition) is 3. The first-order chi connectivity index (χ1) is 13.3. The molecule has 0 fully saturated rings. The number of alkyl halides is 3. The zero-order valence-electron chi connectivity index (χ0n) is 15.9. The Morgan fingerprint density at radius 1 is 1.10 bits per heavy atom. The largest absolute Gasteiger partial charge is 0.573 e. The van der Waals surface area contributed by atoms with E-state index in [4.69, 9.17) is 4.74 Å². The Balaban J connectivity index is 0.00000420. The van der Waals surface area contributed by atoms with E-state index in [1.165, 1.54) is 19.2 Å². The molecular weight excluding hydrogens is 502 g/mol. The van der Waals surface area contributed by atoms with Gasteiger partial charge in [0.1, 0.15) is 5.75 Å². The van der Waals surface area contributed by atoms with Crippen LogP contribution in [0.1, 0.15) is 18.1 Å². The highest BCUT2D eigenvalue weighted by atomic mass is 127. The van der Waals surface area contributed by atoms with Gasteiger partial charge in [-0.3, -0.25) is 0 Å². The summed E-state index contributed by atoms with van der Waals surface area (Å²) in [6.07, 6.45) is -4.76. The number of methoxy groups -OCH3 is 1. The highest BCUT2D eigenvalue weighted by molar-refractivity contribution is 14.0. The summed E-state index contributed by atoms with van der Waals surface area (Å²) in [5, 5.41) is 15.8. The lowest BCUT2D eigenvalue weighted by Gasteiger charge is -2.15. The quantitative estimate of drug-likeness (QED) is 0.288. The van der Waals surface area contributed by atoms with Gasteiger partial charge in [-0.15, -0.1) is 37.1 Å². The van der Waals surface area contributed by atoms with Gasteiger partial charge in [-0.2, -0.15) is 0 Å². The van der Waals surface area contributed by atoms with E-state index < -0.39 is 6.36 Å². The minimum Gasteiger partial charge on any atom is -0.504 e. The molecule has 0 spiro atoms. The maximum absolute atomic E-state index is 12.5. The molecule has 3 N–H and O–H groups in total. The van der Waals surface area contributed by atoms with Crippen LogP contribution in [0.4, 0.5) is 13.2 Å². The first-order valence-electron chi connectivity index (χ1n) is 8.54. The molecule has 160 valence electrons. The molecule has 0 aromatic heterocycles. The second kappa shape index (κ2) is 11.6. The maximum atomic E-state index is 12.5. The number of ether oxygens (including phenoxy) is 2. The number of phenols is 1. The van der Waals surface area contributed by atoms with Gasteiger partial charge < -0.3 is 25.2 Å². The van der Waals surface area contributed by atoms with Crippen molar-refractivity contribution in [3.63, 3.8) is 0 Å². The third kappa shape index (κ3) is 8.26. The summed E-state index contributed by atoms with van der Waals surface area (Å²) in [4.78, 5) is 4.38. The molecule has 2 rings (SSSR count). The molecule has 6 nitrogen and oxygen atoms in total. The van der Waals surface area contributed by atoms with Gasteiger partial charge in [0.15, 0.2) is 17.5 Å². The third-order valence-corrected chi connectivity index (χ3v) is 3.65. The van der Waals surface area contributed by atoms with Crippen LogP contribution in [-0.2, 0) is 13.1 Å². The van der Waals surface area contributed by atoms with Gasteiger partial charge in [-0.1, -0.05) is 24.3 Å². The van der Waals surface area contributed by atoms with Crippen LogP contribution in [0.3, 0.4) is 0 Å². The Labute approximate surface area is 184 Å². The van der Waals surface area contributed by atoms with Gasteiger partial charge >= 0.3 is 6.36 Å². The second-order valence-corrected chi connectivity index (χ2v) is 5.71. The van der Waals surface area contributed by atoms with Crippen molar-refractivity contribution in [2.24, 2.45) is 4.99 Å². The van der Waals surface area contributed by atoms with Crippen molar-refractivity contribution >= 4 is 29.9 Å². The topological polar surface area (TPSA) is 75.1 Å². The summed E-state index contributed by atoms with van der Waals surface area (Å²) in [6, 6.07) is 10.8. The number of rotatable bonds is 7. The SMILES string of the molecule is CCNC(=NCc1ccc(OC)c(O)c1)NCc1ccccc1OC(F)(F)F.I. The Morgan fingerprint density at radius 3 is 2.45 bits per heavy atom. The molecule has 0 unspecified atom stereocenters. The van der Waals surface area contributed by atoms with Crippen LogP contribution in [0.5, 0.6) is 17.2 Å². The minimum atomic E-state index is -4.76. The number of para-hydroxylation sites is 1. The Kier molecular flexibility index (Phi) is 9.86. The van der Waals surface area contributed by atoms with Crippen LogP contribution in [0.2, 0.25) is 0 Å². The molecule has 29 heavy (non-hydrogen) atoms. The van der Waals surface area contributed by atoms with E-state index >= 15 is 0 Å². The predicted octanol–water partition coefficient (Wildman–Crippen LogP) is 4.17. The average molecular weight is 525 g/mol. The second-order valence-electron chi connectivity index (χ2n) is 5.71. The lowest BCUT2D eigenvalue weighted by molar-refractivity contribution is -0.274. The van der Waals surface area contributed by atoms with E-state index in [0.29, 0.717) is 23.8 Å². The minimum absolute atomic E-state index is 0. The van der Waals surface area contributed by atoms with Crippen molar-refractivity contribution < 1.29 is 27.8 Å². The molecule has 0 aliphatic rings. The van der Waals surface area contributed by atoms with Crippen molar-refractivity contribution in [2.45, 2.75) is 26.4 Å². The van der Waals surface area contributed by atoms with E-state index in [-0.39, 0.29) is 48.6 Å². The number of benzene rings is 2. The van der Waals surface area contributed by atoms with Crippen LogP contribution in [-0.4, -0.2) is 31.1 Å². The number of guanidine groups is 1. The molecule has 0 aliphatic heterocycles. The highest BCUT2D eigenvalue weighted by Crippen LogP contribution is 2.27. The number of nitrogens with one attached hydrogen (secondary N) is 2. The van der Waals surface area contributed by atoms with Gasteiger partial charge in [-0.25, -0.2) is 4.99 Å². The smallest absolute Gasteiger partial charge is 0.504 e. The molecule has 10 heteroatoms. The highest BCUT2D eigenvalue weighted by Gasteiger charge is 2.31. The number of phenolic OH excluding ortho intramolecular Hbond substituents is 1. The lowest BCUT2D eigenvalue weighted by Crippen LogP contribution is -2.37. The van der Waals surface area contributed by atoms with Crippen molar-refractivity contribution in [1.82, 2.24) is 10.6 Å². The Bertz CT molecular complexity index is 817. The number of aliphatic imine (C=N–C) groups is 1. The standard InChI is InChI=1S/C19H22F3N3O3.HI/c1-3-23-18(24-11-13-8-9-17(27-2)15(26)10-13)25-12-14-6-4-5-7-16(14)28-19(20,21)22;/h4-10,26H,3,11-12H2,1-2H3,(H2,23,24,25);1H. The number of halogens is 4. The predicted molar refractivity (Wildman–Crippen MR) is 115 cm³/mol. The number of aromatic hydroxyl groups is 1. The lowest BCUT2D eigenvalue weighted by atomic mass is 10.2. The molecule has 0 saturated heterocycles. The molecule has 2 aromatic rings. The third-order valence-electron chi connectivity index (χ3n) is 3.65. The van der Waals surface area contributed by atoms with Crippen LogP contribution in [0.25, 0.3) is 0 Å². The van der Waals surface area contributed by atoms with E-state index in [1.54, 1.807) is 30.3 Å². The zero-order valence-corrected chi connectivity index (χ0v) is 18.2. The van der Waals surface area contributed by atoms with Crippen LogP contribution in [0, 0.1) is 0 Å². The van der Waals surface area contributed by atoms with Gasteiger partial charge in [0, 0.05) is 18.7 Å². The van der Waals surface area contributed by atoms with Crippen LogP contribution < -0.4 is 20.1 Å². The van der Waals surface area contributed by atoms with Gasteiger partial charge in [0.25, 0.3) is 0 Å². The summed E-state index contributed by atoms with van der Waals surface area (Å²) < 4.78 is 46.6. The number of nitrogens with zero attached hydrogens (tertiary/aromatic N) is 1.